The SMILES string of the molecule is CC(O)CC1CCCN1C(C)C(=O)NC1CCCCC1C. The van der Waals surface area contributed by atoms with Gasteiger partial charge < -0.3 is 10.4 Å². The van der Waals surface area contributed by atoms with Gasteiger partial charge in [0.15, 0.2) is 0 Å². The van der Waals surface area contributed by atoms with Crippen LogP contribution in [-0.2, 0) is 4.79 Å². The van der Waals surface area contributed by atoms with Gasteiger partial charge in [-0.15, -0.1) is 0 Å². The monoisotopic (exact) mass is 296 g/mol. The maximum Gasteiger partial charge on any atom is 0.237 e. The fraction of sp³-hybridized carbons (Fsp3) is 0.941. The first kappa shape index (κ1) is 16.8. The minimum Gasteiger partial charge on any atom is -0.393 e. The van der Waals surface area contributed by atoms with Gasteiger partial charge in [-0.1, -0.05) is 19.8 Å². The van der Waals surface area contributed by atoms with Crippen LogP contribution in [-0.4, -0.2) is 46.7 Å². The van der Waals surface area contributed by atoms with Gasteiger partial charge in [0.05, 0.1) is 12.1 Å². The molecule has 2 fully saturated rings. The van der Waals surface area contributed by atoms with Crippen molar-refractivity contribution in [3.05, 3.63) is 0 Å². The van der Waals surface area contributed by atoms with Crippen LogP contribution in [0.1, 0.15) is 65.7 Å². The summed E-state index contributed by atoms with van der Waals surface area (Å²) in [6.07, 6.45) is 7.60. The Bertz CT molecular complexity index is 346. The average Bonchev–Trinajstić information content (AvgIpc) is 2.87. The van der Waals surface area contributed by atoms with Crippen molar-refractivity contribution in [2.24, 2.45) is 5.92 Å². The first-order valence-electron chi connectivity index (χ1n) is 8.73. The summed E-state index contributed by atoms with van der Waals surface area (Å²) in [5, 5.41) is 12.9. The molecular formula is C17H32N2O2. The minimum atomic E-state index is -0.288. The molecule has 0 radical (unpaired) electrons. The molecule has 0 aromatic rings. The van der Waals surface area contributed by atoms with E-state index in [-0.39, 0.29) is 18.1 Å². The van der Waals surface area contributed by atoms with E-state index in [1.165, 1.54) is 19.3 Å². The van der Waals surface area contributed by atoms with Crippen molar-refractivity contribution in [1.29, 1.82) is 0 Å². The van der Waals surface area contributed by atoms with Crippen molar-refractivity contribution < 1.29 is 9.90 Å². The van der Waals surface area contributed by atoms with Gasteiger partial charge in [0.1, 0.15) is 0 Å². The summed E-state index contributed by atoms with van der Waals surface area (Å²) in [6, 6.07) is 0.631. The molecule has 0 aromatic carbocycles. The van der Waals surface area contributed by atoms with Crippen LogP contribution >= 0.6 is 0 Å². The van der Waals surface area contributed by atoms with Gasteiger partial charge in [0, 0.05) is 12.1 Å². The molecule has 4 heteroatoms. The van der Waals surface area contributed by atoms with Gasteiger partial charge >= 0.3 is 0 Å². The molecule has 2 aliphatic rings. The van der Waals surface area contributed by atoms with E-state index in [0.29, 0.717) is 18.0 Å². The quantitative estimate of drug-likeness (QED) is 0.818. The highest BCUT2D eigenvalue weighted by molar-refractivity contribution is 5.81. The summed E-state index contributed by atoms with van der Waals surface area (Å²) < 4.78 is 0. The van der Waals surface area contributed by atoms with E-state index in [1.807, 2.05) is 13.8 Å². The molecule has 5 atom stereocenters. The van der Waals surface area contributed by atoms with Crippen molar-refractivity contribution in [2.45, 2.75) is 89.9 Å². The molecule has 21 heavy (non-hydrogen) atoms. The number of aliphatic hydroxyl groups excluding tert-OH is 1. The van der Waals surface area contributed by atoms with Crippen LogP contribution in [0.15, 0.2) is 0 Å². The average molecular weight is 296 g/mol. The largest absolute Gasteiger partial charge is 0.393 e. The van der Waals surface area contributed by atoms with Crippen LogP contribution in [0.4, 0.5) is 0 Å². The Morgan fingerprint density at radius 2 is 1.95 bits per heavy atom. The molecule has 1 heterocycles. The van der Waals surface area contributed by atoms with Crippen molar-refractivity contribution in [3.8, 4) is 0 Å². The van der Waals surface area contributed by atoms with Crippen LogP contribution in [0.25, 0.3) is 0 Å². The highest BCUT2D eigenvalue weighted by Gasteiger charge is 2.34. The summed E-state index contributed by atoms with van der Waals surface area (Å²) in [4.78, 5) is 14.8. The number of hydrogen-bond donors (Lipinski definition) is 2. The van der Waals surface area contributed by atoms with Crippen LogP contribution in [0, 0.1) is 5.92 Å². The van der Waals surface area contributed by atoms with E-state index in [2.05, 4.69) is 17.1 Å². The zero-order valence-corrected chi connectivity index (χ0v) is 13.8. The molecule has 1 aliphatic heterocycles. The molecule has 5 unspecified atom stereocenters. The zero-order valence-electron chi connectivity index (χ0n) is 13.8. The third-order valence-corrected chi connectivity index (χ3v) is 5.35. The Labute approximate surface area is 129 Å². The van der Waals surface area contributed by atoms with E-state index in [0.717, 1.165) is 32.2 Å². The molecule has 1 amide bonds. The van der Waals surface area contributed by atoms with Crippen molar-refractivity contribution in [3.63, 3.8) is 0 Å². The molecule has 2 rings (SSSR count). The zero-order chi connectivity index (χ0) is 15.4. The number of carbonyl (C=O) groups excluding carboxylic acids is 1. The number of nitrogens with one attached hydrogen (secondary N) is 1. The summed E-state index contributed by atoms with van der Waals surface area (Å²) in [5.74, 6) is 0.771. The third kappa shape index (κ3) is 4.43. The number of amides is 1. The van der Waals surface area contributed by atoms with Gasteiger partial charge in [0.2, 0.25) is 5.91 Å². The van der Waals surface area contributed by atoms with E-state index >= 15 is 0 Å². The summed E-state index contributed by atoms with van der Waals surface area (Å²) in [6.45, 7) is 7.08. The summed E-state index contributed by atoms with van der Waals surface area (Å²) in [5.41, 5.74) is 0. The third-order valence-electron chi connectivity index (χ3n) is 5.35. The molecule has 1 saturated carbocycles. The number of likely N-dealkylation sites (tertiary alicyclic amines) is 1. The van der Waals surface area contributed by atoms with Crippen molar-refractivity contribution in [1.82, 2.24) is 10.2 Å². The van der Waals surface area contributed by atoms with Crippen LogP contribution < -0.4 is 5.32 Å². The standard InChI is InChI=1S/C17H32N2O2/c1-12-7-4-5-9-16(12)18-17(21)14(3)19-10-6-8-15(19)11-13(2)20/h12-16,20H,4-11H2,1-3H3,(H,18,21). The highest BCUT2D eigenvalue weighted by Crippen LogP contribution is 2.26. The van der Waals surface area contributed by atoms with Crippen LogP contribution in [0.2, 0.25) is 0 Å². The van der Waals surface area contributed by atoms with E-state index < -0.39 is 0 Å². The molecule has 0 bridgehead atoms. The summed E-state index contributed by atoms with van der Waals surface area (Å²) in [7, 11) is 0. The van der Waals surface area contributed by atoms with Gasteiger partial charge in [0.25, 0.3) is 0 Å². The number of carbonyl (C=O) groups is 1. The lowest BCUT2D eigenvalue weighted by atomic mass is 9.86. The second-order valence-electron chi connectivity index (χ2n) is 7.17. The summed E-state index contributed by atoms with van der Waals surface area (Å²) >= 11 is 0. The Morgan fingerprint density at radius 1 is 1.24 bits per heavy atom. The van der Waals surface area contributed by atoms with Crippen LogP contribution in [0.5, 0.6) is 0 Å². The fourth-order valence-electron chi connectivity index (χ4n) is 4.00. The molecule has 122 valence electrons. The Hall–Kier alpha value is -0.610. The Kier molecular flexibility index (Phi) is 6.06. The normalized spacial score (nSPS) is 33.6. The first-order valence-corrected chi connectivity index (χ1v) is 8.73. The molecule has 2 N–H and O–H groups in total. The molecule has 1 aliphatic carbocycles. The molecule has 1 saturated heterocycles. The molecular weight excluding hydrogens is 264 g/mol. The Balaban J connectivity index is 1.88. The highest BCUT2D eigenvalue weighted by atomic mass is 16.3. The first-order chi connectivity index (χ1) is 9.99. The lowest BCUT2D eigenvalue weighted by Crippen LogP contribution is -2.51. The second-order valence-corrected chi connectivity index (χ2v) is 7.17. The Morgan fingerprint density at radius 3 is 2.62 bits per heavy atom. The molecule has 4 nitrogen and oxygen atoms in total. The number of rotatable bonds is 5. The van der Waals surface area contributed by atoms with Gasteiger partial charge in [-0.25, -0.2) is 0 Å². The molecule has 0 spiro atoms. The number of nitrogens with zero attached hydrogens (tertiary/aromatic N) is 1. The fourth-order valence-corrected chi connectivity index (χ4v) is 4.00. The number of hydrogen-bond acceptors (Lipinski definition) is 3. The predicted molar refractivity (Wildman–Crippen MR) is 85.1 cm³/mol. The predicted octanol–water partition coefficient (Wildman–Crippen LogP) is 2.31. The van der Waals surface area contributed by atoms with E-state index in [1.54, 1.807) is 0 Å². The maximum absolute atomic E-state index is 12.6. The smallest absolute Gasteiger partial charge is 0.237 e. The topological polar surface area (TPSA) is 52.6 Å². The van der Waals surface area contributed by atoms with Gasteiger partial charge in [-0.05, 0) is 58.4 Å². The van der Waals surface area contributed by atoms with E-state index in [4.69, 9.17) is 0 Å². The maximum atomic E-state index is 12.6. The van der Waals surface area contributed by atoms with Gasteiger partial charge in [-0.2, -0.15) is 0 Å². The van der Waals surface area contributed by atoms with Crippen molar-refractivity contribution >= 4 is 5.91 Å². The second kappa shape index (κ2) is 7.59. The lowest BCUT2D eigenvalue weighted by molar-refractivity contribution is -0.127. The van der Waals surface area contributed by atoms with Crippen molar-refractivity contribution in [2.75, 3.05) is 6.54 Å². The number of aliphatic hydroxyl groups is 1. The van der Waals surface area contributed by atoms with Gasteiger partial charge in [-0.3, -0.25) is 9.69 Å². The lowest BCUT2D eigenvalue weighted by Gasteiger charge is -2.34. The van der Waals surface area contributed by atoms with E-state index in [9.17, 15) is 9.90 Å². The van der Waals surface area contributed by atoms with Crippen LogP contribution in [0.3, 0.4) is 0 Å². The molecule has 0 aromatic heterocycles. The minimum absolute atomic E-state index is 0.0784.